The van der Waals surface area contributed by atoms with Gasteiger partial charge < -0.3 is 10.5 Å². The molecule has 0 atom stereocenters. The van der Waals surface area contributed by atoms with Gasteiger partial charge in [0.1, 0.15) is 5.75 Å². The molecule has 3 heteroatoms. The summed E-state index contributed by atoms with van der Waals surface area (Å²) in [7, 11) is 1.63. The third-order valence-corrected chi connectivity index (χ3v) is 3.43. The van der Waals surface area contributed by atoms with Crippen molar-refractivity contribution in [1.82, 2.24) is 0 Å². The first-order valence-electron chi connectivity index (χ1n) is 6.36. The van der Waals surface area contributed by atoms with E-state index in [1.807, 2.05) is 24.3 Å². The SMILES string of the molecule is COc1cc(C2=NCCc3ccccc32)ccc1N. The van der Waals surface area contributed by atoms with Gasteiger partial charge in [-0.25, -0.2) is 0 Å². The molecule has 0 spiro atoms. The number of methoxy groups -OCH3 is 1. The maximum Gasteiger partial charge on any atom is 0.142 e. The molecule has 0 saturated heterocycles. The molecular weight excluding hydrogens is 236 g/mol. The van der Waals surface area contributed by atoms with Gasteiger partial charge in [-0.3, -0.25) is 4.99 Å². The molecule has 3 nitrogen and oxygen atoms in total. The van der Waals surface area contributed by atoms with E-state index in [1.165, 1.54) is 11.1 Å². The number of ether oxygens (including phenoxy) is 1. The van der Waals surface area contributed by atoms with E-state index >= 15 is 0 Å². The number of rotatable bonds is 2. The van der Waals surface area contributed by atoms with Gasteiger partial charge in [0.15, 0.2) is 0 Å². The average Bonchev–Trinajstić information content (AvgIpc) is 2.47. The standard InChI is InChI=1S/C16H16N2O/c1-19-15-10-12(6-7-14(15)17)16-13-5-3-2-4-11(13)8-9-18-16/h2-7,10H,8-9,17H2,1H3. The Morgan fingerprint density at radius 1 is 1.16 bits per heavy atom. The molecule has 0 bridgehead atoms. The van der Waals surface area contributed by atoms with Crippen molar-refractivity contribution in [3.05, 3.63) is 59.2 Å². The van der Waals surface area contributed by atoms with Gasteiger partial charge in [0.25, 0.3) is 0 Å². The van der Waals surface area contributed by atoms with Gasteiger partial charge in [-0.1, -0.05) is 30.3 Å². The van der Waals surface area contributed by atoms with Crippen molar-refractivity contribution < 1.29 is 4.74 Å². The lowest BCUT2D eigenvalue weighted by Crippen LogP contribution is -2.14. The second kappa shape index (κ2) is 4.76. The fourth-order valence-electron chi connectivity index (χ4n) is 2.45. The predicted molar refractivity (Wildman–Crippen MR) is 78.1 cm³/mol. The van der Waals surface area contributed by atoms with E-state index in [-0.39, 0.29) is 0 Å². The van der Waals surface area contributed by atoms with Crippen LogP contribution in [-0.4, -0.2) is 19.4 Å². The van der Waals surface area contributed by atoms with Gasteiger partial charge in [-0.05, 0) is 24.1 Å². The molecule has 2 N–H and O–H groups in total. The quantitative estimate of drug-likeness (QED) is 0.835. The predicted octanol–water partition coefficient (Wildman–Crippen LogP) is 2.67. The van der Waals surface area contributed by atoms with Crippen molar-refractivity contribution >= 4 is 11.4 Å². The number of hydrogen-bond donors (Lipinski definition) is 1. The van der Waals surface area contributed by atoms with Gasteiger partial charge >= 0.3 is 0 Å². The van der Waals surface area contributed by atoms with Gasteiger partial charge in [0.05, 0.1) is 18.5 Å². The first kappa shape index (κ1) is 11.8. The molecular formula is C16H16N2O. The minimum Gasteiger partial charge on any atom is -0.495 e. The molecule has 0 aromatic heterocycles. The van der Waals surface area contributed by atoms with Crippen LogP contribution in [0.4, 0.5) is 5.69 Å². The Morgan fingerprint density at radius 2 is 2.00 bits per heavy atom. The zero-order valence-electron chi connectivity index (χ0n) is 10.9. The summed E-state index contributed by atoms with van der Waals surface area (Å²) in [4.78, 5) is 4.67. The lowest BCUT2D eigenvalue weighted by molar-refractivity contribution is 0.417. The van der Waals surface area contributed by atoms with Crippen molar-refractivity contribution in [3.63, 3.8) is 0 Å². The molecule has 0 radical (unpaired) electrons. The van der Waals surface area contributed by atoms with E-state index < -0.39 is 0 Å². The highest BCUT2D eigenvalue weighted by Gasteiger charge is 2.16. The van der Waals surface area contributed by atoms with Gasteiger partial charge in [-0.15, -0.1) is 0 Å². The smallest absolute Gasteiger partial charge is 0.142 e. The van der Waals surface area contributed by atoms with Gasteiger partial charge in [-0.2, -0.15) is 0 Å². The molecule has 0 saturated carbocycles. The largest absolute Gasteiger partial charge is 0.495 e. The molecule has 1 heterocycles. The van der Waals surface area contributed by atoms with Crippen LogP contribution in [0.2, 0.25) is 0 Å². The average molecular weight is 252 g/mol. The third-order valence-electron chi connectivity index (χ3n) is 3.43. The van der Waals surface area contributed by atoms with Crippen molar-refractivity contribution in [1.29, 1.82) is 0 Å². The Hall–Kier alpha value is -2.29. The minimum atomic E-state index is 0.649. The fourth-order valence-corrected chi connectivity index (χ4v) is 2.45. The minimum absolute atomic E-state index is 0.649. The van der Waals surface area contributed by atoms with Crippen LogP contribution in [0.15, 0.2) is 47.5 Å². The fraction of sp³-hybridized carbons (Fsp3) is 0.188. The number of nitrogens with two attached hydrogens (primary N) is 1. The highest BCUT2D eigenvalue weighted by molar-refractivity contribution is 6.14. The summed E-state index contributed by atoms with van der Waals surface area (Å²) in [6, 6.07) is 14.2. The summed E-state index contributed by atoms with van der Waals surface area (Å²) < 4.78 is 5.28. The molecule has 1 aliphatic rings. The number of hydrogen-bond acceptors (Lipinski definition) is 3. The highest BCUT2D eigenvalue weighted by atomic mass is 16.5. The van der Waals surface area contributed by atoms with Crippen LogP contribution in [0.25, 0.3) is 0 Å². The summed E-state index contributed by atoms with van der Waals surface area (Å²) in [5.41, 5.74) is 11.1. The Labute approximate surface area is 112 Å². The lowest BCUT2D eigenvalue weighted by atomic mass is 9.93. The number of fused-ring (bicyclic) bond motifs is 1. The third kappa shape index (κ3) is 2.08. The van der Waals surface area contributed by atoms with E-state index in [2.05, 4.69) is 23.2 Å². The molecule has 19 heavy (non-hydrogen) atoms. The van der Waals surface area contributed by atoms with Crippen LogP contribution in [0, 0.1) is 0 Å². The highest BCUT2D eigenvalue weighted by Crippen LogP contribution is 2.26. The Morgan fingerprint density at radius 3 is 2.84 bits per heavy atom. The molecule has 0 amide bonds. The van der Waals surface area contributed by atoms with Crippen molar-refractivity contribution in [2.45, 2.75) is 6.42 Å². The van der Waals surface area contributed by atoms with E-state index in [0.717, 1.165) is 24.2 Å². The molecule has 2 aromatic rings. The van der Waals surface area contributed by atoms with Crippen LogP contribution >= 0.6 is 0 Å². The topological polar surface area (TPSA) is 47.6 Å². The number of aliphatic imine (C=N–C) groups is 1. The van der Waals surface area contributed by atoms with E-state index in [4.69, 9.17) is 10.5 Å². The van der Waals surface area contributed by atoms with Crippen molar-refractivity contribution in [3.8, 4) is 5.75 Å². The van der Waals surface area contributed by atoms with E-state index in [0.29, 0.717) is 11.4 Å². The Balaban J connectivity index is 2.10. The van der Waals surface area contributed by atoms with Crippen LogP contribution < -0.4 is 10.5 Å². The zero-order valence-corrected chi connectivity index (χ0v) is 10.9. The first-order chi connectivity index (χ1) is 9.29. The summed E-state index contributed by atoms with van der Waals surface area (Å²) in [5.74, 6) is 0.697. The molecule has 96 valence electrons. The Kier molecular flexibility index (Phi) is 2.95. The number of nitrogen functional groups attached to an aromatic ring is 1. The second-order valence-corrected chi connectivity index (χ2v) is 4.59. The van der Waals surface area contributed by atoms with Crippen molar-refractivity contribution in [2.24, 2.45) is 4.99 Å². The summed E-state index contributed by atoms with van der Waals surface area (Å²) >= 11 is 0. The first-order valence-corrected chi connectivity index (χ1v) is 6.36. The maximum atomic E-state index is 5.86. The molecule has 0 aliphatic carbocycles. The van der Waals surface area contributed by atoms with Gasteiger partial charge in [0.2, 0.25) is 0 Å². The summed E-state index contributed by atoms with van der Waals surface area (Å²) in [6.07, 6.45) is 1.01. The zero-order chi connectivity index (χ0) is 13.2. The maximum absolute atomic E-state index is 5.86. The normalized spacial score (nSPS) is 13.6. The summed E-state index contributed by atoms with van der Waals surface area (Å²) in [6.45, 7) is 0.832. The lowest BCUT2D eigenvalue weighted by Gasteiger charge is -2.17. The van der Waals surface area contributed by atoms with Crippen LogP contribution in [0.5, 0.6) is 5.75 Å². The molecule has 0 unspecified atom stereocenters. The molecule has 2 aromatic carbocycles. The number of benzene rings is 2. The number of nitrogens with zero attached hydrogens (tertiary/aromatic N) is 1. The van der Waals surface area contributed by atoms with Gasteiger partial charge in [0, 0.05) is 17.7 Å². The monoisotopic (exact) mass is 252 g/mol. The number of anilines is 1. The van der Waals surface area contributed by atoms with Crippen LogP contribution in [0.3, 0.4) is 0 Å². The molecule has 1 aliphatic heterocycles. The van der Waals surface area contributed by atoms with E-state index in [9.17, 15) is 0 Å². The van der Waals surface area contributed by atoms with Crippen LogP contribution in [-0.2, 0) is 6.42 Å². The van der Waals surface area contributed by atoms with Crippen molar-refractivity contribution in [2.75, 3.05) is 19.4 Å². The second-order valence-electron chi connectivity index (χ2n) is 4.59. The van der Waals surface area contributed by atoms with E-state index in [1.54, 1.807) is 7.11 Å². The summed E-state index contributed by atoms with van der Waals surface area (Å²) in [5, 5.41) is 0. The Bertz CT molecular complexity index is 647. The molecule has 0 fully saturated rings. The van der Waals surface area contributed by atoms with Crippen LogP contribution in [0.1, 0.15) is 16.7 Å². The molecule has 3 rings (SSSR count).